The zero-order valence-electron chi connectivity index (χ0n) is 18.4. The van der Waals surface area contributed by atoms with Crippen molar-refractivity contribution in [2.45, 2.75) is 84.4 Å². The molecular weight excluding hydrogens is 384 g/mol. The Kier molecular flexibility index (Phi) is 12.2. The minimum atomic E-state index is -1.06. The minimum Gasteiger partial charge on any atom is -0.480 e. The lowest BCUT2D eigenvalue weighted by atomic mass is 10.0. The summed E-state index contributed by atoms with van der Waals surface area (Å²) in [7, 11) is 0. The fourth-order valence-corrected chi connectivity index (χ4v) is 3.07. The van der Waals surface area contributed by atoms with Crippen LogP contribution >= 0.6 is 0 Å². The molecule has 0 unspecified atom stereocenters. The summed E-state index contributed by atoms with van der Waals surface area (Å²) in [5, 5.41) is 14.6. The molecule has 3 N–H and O–H groups in total. The number of alkyl carbamates (subject to hydrolysis) is 1. The molecule has 1 aromatic carbocycles. The molecule has 0 aromatic heterocycles. The molecule has 0 bridgehead atoms. The fraction of sp³-hybridized carbons (Fsp3) is 0.609. The van der Waals surface area contributed by atoms with Gasteiger partial charge in [-0.05, 0) is 17.9 Å². The van der Waals surface area contributed by atoms with Crippen LogP contribution in [0.1, 0.15) is 71.3 Å². The van der Waals surface area contributed by atoms with Gasteiger partial charge >= 0.3 is 12.1 Å². The molecular formula is C23H36N2O5. The van der Waals surface area contributed by atoms with Crippen molar-refractivity contribution in [1.82, 2.24) is 10.6 Å². The topological polar surface area (TPSA) is 105 Å². The van der Waals surface area contributed by atoms with E-state index >= 15 is 0 Å². The van der Waals surface area contributed by atoms with Gasteiger partial charge in [0.1, 0.15) is 18.7 Å². The smallest absolute Gasteiger partial charge is 0.408 e. The quantitative estimate of drug-likeness (QED) is 0.390. The Labute approximate surface area is 179 Å². The average Bonchev–Trinajstić information content (AvgIpc) is 2.72. The van der Waals surface area contributed by atoms with Gasteiger partial charge in [0.2, 0.25) is 5.91 Å². The molecule has 1 aromatic rings. The molecule has 168 valence electrons. The number of aliphatic carboxylic acids is 1. The zero-order valence-corrected chi connectivity index (χ0v) is 18.4. The van der Waals surface area contributed by atoms with Gasteiger partial charge in [-0.3, -0.25) is 4.79 Å². The third-order valence-electron chi connectivity index (χ3n) is 4.90. The second-order valence-corrected chi connectivity index (χ2v) is 7.88. The predicted molar refractivity (Wildman–Crippen MR) is 116 cm³/mol. The van der Waals surface area contributed by atoms with Crippen LogP contribution in [0.3, 0.4) is 0 Å². The monoisotopic (exact) mass is 420 g/mol. The van der Waals surface area contributed by atoms with Gasteiger partial charge < -0.3 is 20.5 Å². The summed E-state index contributed by atoms with van der Waals surface area (Å²) in [5.74, 6) is -1.80. The van der Waals surface area contributed by atoms with Gasteiger partial charge in [-0.25, -0.2) is 9.59 Å². The molecule has 30 heavy (non-hydrogen) atoms. The van der Waals surface area contributed by atoms with Crippen molar-refractivity contribution in [3.05, 3.63) is 35.9 Å². The maximum Gasteiger partial charge on any atom is 0.408 e. The number of hydrogen-bond acceptors (Lipinski definition) is 4. The van der Waals surface area contributed by atoms with Gasteiger partial charge in [0, 0.05) is 0 Å². The highest BCUT2D eigenvalue weighted by atomic mass is 16.5. The van der Waals surface area contributed by atoms with Gasteiger partial charge in [0.05, 0.1) is 0 Å². The summed E-state index contributed by atoms with van der Waals surface area (Å²) in [6, 6.07) is 7.38. The number of ether oxygens (including phenoxy) is 1. The van der Waals surface area contributed by atoms with E-state index in [0.29, 0.717) is 6.42 Å². The van der Waals surface area contributed by atoms with Crippen molar-refractivity contribution in [3.8, 4) is 0 Å². The van der Waals surface area contributed by atoms with Gasteiger partial charge in [-0.2, -0.15) is 0 Å². The standard InChI is InChI=1S/C23H36N2O5/c1-4-5-6-7-8-12-15-19(22(27)28)24-21(26)20(17(2)3)25-23(29)30-16-18-13-10-9-11-14-18/h9-11,13-14,17,19-20H,4-8,12,15-16H2,1-3H3,(H,24,26)(H,25,29)(H,27,28)/t19-,20+/m0/s1. The Morgan fingerprint density at radius 3 is 2.20 bits per heavy atom. The number of carboxylic acid groups (broad SMARTS) is 1. The number of nitrogens with one attached hydrogen (secondary N) is 2. The zero-order chi connectivity index (χ0) is 22.4. The first kappa shape index (κ1) is 25.5. The lowest BCUT2D eigenvalue weighted by Gasteiger charge is -2.23. The van der Waals surface area contributed by atoms with Gasteiger partial charge in [-0.1, -0.05) is 89.6 Å². The van der Waals surface area contributed by atoms with Crippen molar-refractivity contribution < 1.29 is 24.2 Å². The molecule has 0 aliphatic heterocycles. The summed E-state index contributed by atoms with van der Waals surface area (Å²) in [6.45, 7) is 5.80. The van der Waals surface area contributed by atoms with Gasteiger partial charge in [-0.15, -0.1) is 0 Å². The molecule has 7 heteroatoms. The van der Waals surface area contributed by atoms with E-state index in [1.807, 2.05) is 30.3 Å². The highest BCUT2D eigenvalue weighted by Gasteiger charge is 2.28. The Hall–Kier alpha value is -2.57. The molecule has 2 amide bonds. The minimum absolute atomic E-state index is 0.0922. The third-order valence-corrected chi connectivity index (χ3v) is 4.90. The molecule has 0 saturated heterocycles. The lowest BCUT2D eigenvalue weighted by molar-refractivity contribution is -0.142. The van der Waals surface area contributed by atoms with Crippen molar-refractivity contribution in [2.75, 3.05) is 0 Å². The summed E-state index contributed by atoms with van der Waals surface area (Å²) >= 11 is 0. The van der Waals surface area contributed by atoms with Crippen LogP contribution in [0, 0.1) is 5.92 Å². The number of benzene rings is 1. The molecule has 0 aliphatic rings. The van der Waals surface area contributed by atoms with Crippen molar-refractivity contribution in [1.29, 1.82) is 0 Å². The van der Waals surface area contributed by atoms with E-state index in [-0.39, 0.29) is 12.5 Å². The van der Waals surface area contributed by atoms with Gasteiger partial charge in [0.25, 0.3) is 0 Å². The first-order chi connectivity index (χ1) is 14.3. The molecule has 0 aliphatic carbocycles. The number of rotatable bonds is 14. The predicted octanol–water partition coefficient (Wildman–Crippen LogP) is 4.26. The number of unbranched alkanes of at least 4 members (excludes halogenated alkanes) is 5. The second-order valence-electron chi connectivity index (χ2n) is 7.88. The van der Waals surface area contributed by atoms with Crippen LogP contribution in [0.4, 0.5) is 4.79 Å². The van der Waals surface area contributed by atoms with Gasteiger partial charge in [0.15, 0.2) is 0 Å². The van der Waals surface area contributed by atoms with Crippen molar-refractivity contribution in [3.63, 3.8) is 0 Å². The maximum absolute atomic E-state index is 12.6. The molecule has 0 fully saturated rings. The molecule has 0 radical (unpaired) electrons. The van der Waals surface area contributed by atoms with E-state index in [0.717, 1.165) is 37.7 Å². The highest BCUT2D eigenvalue weighted by molar-refractivity contribution is 5.89. The lowest BCUT2D eigenvalue weighted by Crippen LogP contribution is -2.53. The summed E-state index contributed by atoms with van der Waals surface area (Å²) < 4.78 is 5.18. The average molecular weight is 421 g/mol. The molecule has 0 saturated carbocycles. The molecule has 7 nitrogen and oxygen atoms in total. The third kappa shape index (κ3) is 10.3. The molecule has 0 heterocycles. The molecule has 2 atom stereocenters. The Balaban J connectivity index is 2.52. The Bertz CT molecular complexity index is 648. The Morgan fingerprint density at radius 2 is 1.60 bits per heavy atom. The van der Waals surface area contributed by atoms with E-state index in [1.165, 1.54) is 6.42 Å². The van der Waals surface area contributed by atoms with Crippen molar-refractivity contribution >= 4 is 18.0 Å². The summed E-state index contributed by atoms with van der Waals surface area (Å²) in [6.07, 6.45) is 5.89. The number of hydrogen-bond donors (Lipinski definition) is 3. The van der Waals surface area contributed by atoms with Crippen LogP contribution in [0.5, 0.6) is 0 Å². The number of carboxylic acids is 1. The van der Waals surface area contributed by atoms with Crippen molar-refractivity contribution in [2.24, 2.45) is 5.92 Å². The largest absolute Gasteiger partial charge is 0.480 e. The van der Waals surface area contributed by atoms with Crippen LogP contribution in [0.15, 0.2) is 30.3 Å². The van der Waals surface area contributed by atoms with Crippen LogP contribution in [0.2, 0.25) is 0 Å². The second kappa shape index (κ2) is 14.4. The fourth-order valence-electron chi connectivity index (χ4n) is 3.07. The number of carbonyl (C=O) groups excluding carboxylic acids is 2. The first-order valence-electron chi connectivity index (χ1n) is 10.9. The Morgan fingerprint density at radius 1 is 0.967 bits per heavy atom. The number of amides is 2. The van der Waals surface area contributed by atoms with E-state index in [2.05, 4.69) is 17.6 Å². The van der Waals surface area contributed by atoms with Crippen LogP contribution in [0.25, 0.3) is 0 Å². The summed E-state index contributed by atoms with van der Waals surface area (Å²) in [4.78, 5) is 36.3. The normalized spacial score (nSPS) is 12.8. The van der Waals surface area contributed by atoms with E-state index in [9.17, 15) is 19.5 Å². The SMILES string of the molecule is CCCCCCCC[C@H](NC(=O)[C@H](NC(=O)OCc1ccccc1)C(C)C)C(=O)O. The first-order valence-corrected chi connectivity index (χ1v) is 10.9. The van der Waals surface area contributed by atoms with Crippen LogP contribution in [-0.4, -0.2) is 35.2 Å². The van der Waals surface area contributed by atoms with Crippen LogP contribution < -0.4 is 10.6 Å². The molecule has 0 spiro atoms. The maximum atomic E-state index is 12.6. The van der Waals surface area contributed by atoms with E-state index in [1.54, 1.807) is 13.8 Å². The summed E-state index contributed by atoms with van der Waals surface area (Å²) in [5.41, 5.74) is 0.836. The van der Waals surface area contributed by atoms with E-state index < -0.39 is 30.1 Å². The number of carbonyl (C=O) groups is 3. The van der Waals surface area contributed by atoms with E-state index in [4.69, 9.17) is 4.74 Å². The molecule has 1 rings (SSSR count). The van der Waals surface area contributed by atoms with Crippen LogP contribution in [-0.2, 0) is 20.9 Å². The highest BCUT2D eigenvalue weighted by Crippen LogP contribution is 2.10.